The van der Waals surface area contributed by atoms with Crippen LogP contribution in [0.2, 0.25) is 0 Å². The summed E-state index contributed by atoms with van der Waals surface area (Å²) >= 11 is 0. The van der Waals surface area contributed by atoms with Crippen LogP contribution in [0.4, 0.5) is 0 Å². The van der Waals surface area contributed by atoms with E-state index in [0.717, 1.165) is 25.3 Å². The molecule has 0 radical (unpaired) electrons. The third-order valence-electron chi connectivity index (χ3n) is 2.90. The molecule has 1 aliphatic rings. The second-order valence-corrected chi connectivity index (χ2v) is 3.88. The lowest BCUT2D eigenvalue weighted by Crippen LogP contribution is -2.41. The van der Waals surface area contributed by atoms with Crippen molar-refractivity contribution in [3.63, 3.8) is 0 Å². The number of likely N-dealkylation sites (tertiary alicyclic amines) is 1. The van der Waals surface area contributed by atoms with Crippen LogP contribution in [0.5, 0.6) is 0 Å². The molecule has 2 heterocycles. The first kappa shape index (κ1) is 9.74. The van der Waals surface area contributed by atoms with Crippen LogP contribution in [0.1, 0.15) is 25.0 Å². The Morgan fingerprint density at radius 3 is 3.14 bits per heavy atom. The molecule has 14 heavy (non-hydrogen) atoms. The molecule has 0 bridgehead atoms. The Morgan fingerprint density at radius 1 is 1.50 bits per heavy atom. The molecule has 0 saturated carbocycles. The van der Waals surface area contributed by atoms with Crippen LogP contribution >= 0.6 is 0 Å². The zero-order chi connectivity index (χ0) is 9.80. The highest BCUT2D eigenvalue weighted by atomic mass is 16.3. The number of rotatable bonds is 3. The van der Waals surface area contributed by atoms with Gasteiger partial charge >= 0.3 is 0 Å². The highest BCUT2D eigenvalue weighted by Crippen LogP contribution is 2.19. The van der Waals surface area contributed by atoms with Gasteiger partial charge < -0.3 is 9.52 Å². The van der Waals surface area contributed by atoms with Gasteiger partial charge in [0.2, 0.25) is 0 Å². The molecule has 0 amide bonds. The van der Waals surface area contributed by atoms with Gasteiger partial charge in [0.1, 0.15) is 5.76 Å². The average Bonchev–Trinajstić information content (AvgIpc) is 2.71. The Balaban J connectivity index is 1.94. The fourth-order valence-corrected chi connectivity index (χ4v) is 2.08. The zero-order valence-electron chi connectivity index (χ0n) is 8.35. The molecule has 0 aromatic carbocycles. The van der Waals surface area contributed by atoms with Crippen molar-refractivity contribution in [2.75, 3.05) is 13.2 Å². The number of hydrogen-bond acceptors (Lipinski definition) is 3. The van der Waals surface area contributed by atoms with Gasteiger partial charge in [-0.05, 0) is 31.5 Å². The van der Waals surface area contributed by atoms with Crippen LogP contribution in [0.3, 0.4) is 0 Å². The molecule has 78 valence electrons. The van der Waals surface area contributed by atoms with Gasteiger partial charge in [-0.2, -0.15) is 0 Å². The molecule has 1 saturated heterocycles. The van der Waals surface area contributed by atoms with Crippen LogP contribution < -0.4 is 0 Å². The number of furan rings is 1. The Hall–Kier alpha value is -0.800. The average molecular weight is 195 g/mol. The lowest BCUT2D eigenvalue weighted by molar-refractivity contribution is 0.0783. The van der Waals surface area contributed by atoms with Crippen molar-refractivity contribution in [1.29, 1.82) is 0 Å². The Bertz CT molecular complexity index is 258. The summed E-state index contributed by atoms with van der Waals surface area (Å²) in [5.74, 6) is 0.991. The maximum absolute atomic E-state index is 9.22. The standard InChI is InChI=1S/C11H17NO2/c13-9-10-4-1-2-6-12(10)8-11-5-3-7-14-11/h3,5,7,10,13H,1-2,4,6,8-9H2. The molecule has 1 N–H and O–H groups in total. The maximum atomic E-state index is 9.22. The van der Waals surface area contributed by atoms with Gasteiger partial charge in [-0.15, -0.1) is 0 Å². The summed E-state index contributed by atoms with van der Waals surface area (Å²) in [5, 5.41) is 9.22. The minimum absolute atomic E-state index is 0.265. The van der Waals surface area contributed by atoms with Crippen LogP contribution in [-0.4, -0.2) is 29.2 Å². The summed E-state index contributed by atoms with van der Waals surface area (Å²) in [6.07, 6.45) is 5.28. The molecule has 1 unspecified atom stereocenters. The summed E-state index contributed by atoms with van der Waals surface area (Å²) in [5.41, 5.74) is 0. The smallest absolute Gasteiger partial charge is 0.117 e. The maximum Gasteiger partial charge on any atom is 0.117 e. The third-order valence-corrected chi connectivity index (χ3v) is 2.90. The first-order valence-electron chi connectivity index (χ1n) is 5.27. The SMILES string of the molecule is OCC1CCCCN1Cc1ccco1. The predicted octanol–water partition coefficient (Wildman–Crippen LogP) is 1.63. The van der Waals surface area contributed by atoms with E-state index in [0.29, 0.717) is 6.04 Å². The highest BCUT2D eigenvalue weighted by molar-refractivity contribution is 4.98. The van der Waals surface area contributed by atoms with Crippen molar-refractivity contribution in [1.82, 2.24) is 4.90 Å². The molecule has 0 aliphatic carbocycles. The van der Waals surface area contributed by atoms with E-state index in [1.807, 2.05) is 12.1 Å². The molecule has 3 nitrogen and oxygen atoms in total. The zero-order valence-corrected chi connectivity index (χ0v) is 8.35. The third kappa shape index (κ3) is 2.16. The number of aliphatic hydroxyl groups excluding tert-OH is 1. The van der Waals surface area contributed by atoms with Crippen molar-refractivity contribution in [2.45, 2.75) is 31.8 Å². The van der Waals surface area contributed by atoms with E-state index in [4.69, 9.17) is 4.42 Å². The first-order valence-corrected chi connectivity index (χ1v) is 5.27. The molecule has 3 heteroatoms. The van der Waals surface area contributed by atoms with Gasteiger partial charge in [-0.1, -0.05) is 6.42 Å². The lowest BCUT2D eigenvalue weighted by Gasteiger charge is -2.33. The van der Waals surface area contributed by atoms with Crippen LogP contribution in [0, 0.1) is 0 Å². The van der Waals surface area contributed by atoms with E-state index in [9.17, 15) is 5.11 Å². The number of nitrogens with zero attached hydrogens (tertiary/aromatic N) is 1. The van der Waals surface area contributed by atoms with E-state index in [2.05, 4.69) is 4.90 Å². The van der Waals surface area contributed by atoms with Crippen molar-refractivity contribution >= 4 is 0 Å². The Labute approximate surface area is 84.3 Å². The second-order valence-electron chi connectivity index (χ2n) is 3.88. The van der Waals surface area contributed by atoms with Gasteiger partial charge in [0.05, 0.1) is 19.4 Å². The molecule has 2 rings (SSSR count). The molecule has 1 aromatic heterocycles. The summed E-state index contributed by atoms with van der Waals surface area (Å²) in [4.78, 5) is 2.31. The second kappa shape index (κ2) is 4.62. The van der Waals surface area contributed by atoms with E-state index in [1.54, 1.807) is 6.26 Å². The van der Waals surface area contributed by atoms with Crippen LogP contribution in [0.15, 0.2) is 22.8 Å². The van der Waals surface area contributed by atoms with Crippen molar-refractivity contribution in [3.8, 4) is 0 Å². The molecule has 1 atom stereocenters. The van der Waals surface area contributed by atoms with Crippen LogP contribution in [-0.2, 0) is 6.54 Å². The summed E-state index contributed by atoms with van der Waals surface area (Å²) in [6, 6.07) is 4.23. The molecule has 1 fully saturated rings. The normalized spacial score (nSPS) is 23.9. The van der Waals surface area contributed by atoms with Crippen LogP contribution in [0.25, 0.3) is 0 Å². The lowest BCUT2D eigenvalue weighted by atomic mass is 10.0. The molecule has 0 spiro atoms. The largest absolute Gasteiger partial charge is 0.468 e. The van der Waals surface area contributed by atoms with Gasteiger partial charge in [0, 0.05) is 6.04 Å². The first-order chi connectivity index (χ1) is 6.90. The van der Waals surface area contributed by atoms with Gasteiger partial charge in [0.25, 0.3) is 0 Å². The minimum atomic E-state index is 0.265. The van der Waals surface area contributed by atoms with Crippen molar-refractivity contribution in [2.24, 2.45) is 0 Å². The monoisotopic (exact) mass is 195 g/mol. The summed E-state index contributed by atoms with van der Waals surface area (Å²) in [7, 11) is 0. The van der Waals surface area contributed by atoms with Crippen molar-refractivity contribution < 1.29 is 9.52 Å². The summed E-state index contributed by atoms with van der Waals surface area (Å²) in [6.45, 7) is 2.17. The van der Waals surface area contributed by atoms with Gasteiger partial charge in [-0.3, -0.25) is 4.90 Å². The Morgan fingerprint density at radius 2 is 2.43 bits per heavy atom. The quantitative estimate of drug-likeness (QED) is 0.796. The molecular formula is C11H17NO2. The van der Waals surface area contributed by atoms with E-state index < -0.39 is 0 Å². The number of hydrogen-bond donors (Lipinski definition) is 1. The summed E-state index contributed by atoms with van der Waals surface area (Å²) < 4.78 is 5.31. The Kier molecular flexibility index (Phi) is 3.22. The fourth-order valence-electron chi connectivity index (χ4n) is 2.08. The molecular weight excluding hydrogens is 178 g/mol. The number of aliphatic hydroxyl groups is 1. The van der Waals surface area contributed by atoms with E-state index in [1.165, 1.54) is 12.8 Å². The molecule has 1 aliphatic heterocycles. The number of piperidine rings is 1. The van der Waals surface area contributed by atoms with E-state index in [-0.39, 0.29) is 6.61 Å². The van der Waals surface area contributed by atoms with Crippen molar-refractivity contribution in [3.05, 3.63) is 24.2 Å². The van der Waals surface area contributed by atoms with Gasteiger partial charge in [0.15, 0.2) is 0 Å². The van der Waals surface area contributed by atoms with Gasteiger partial charge in [-0.25, -0.2) is 0 Å². The molecule has 1 aromatic rings. The topological polar surface area (TPSA) is 36.6 Å². The minimum Gasteiger partial charge on any atom is -0.468 e. The predicted molar refractivity (Wildman–Crippen MR) is 53.8 cm³/mol. The highest BCUT2D eigenvalue weighted by Gasteiger charge is 2.21. The van der Waals surface area contributed by atoms with E-state index >= 15 is 0 Å². The fraction of sp³-hybridized carbons (Fsp3) is 0.636.